The molecule has 1 aliphatic carbocycles. The lowest BCUT2D eigenvalue weighted by Gasteiger charge is -2.43. The Kier molecular flexibility index (Phi) is 7.64. The zero-order chi connectivity index (χ0) is 23.3. The standard InChI is InChI=1S/C29H38NO3/c1-22-10-8-11-23(2)28(22)18-26(31)21-30(19-24-12-4-3-5-13-24)17-9-14-25(20-30)29(32)33-27-15-6-7-16-27/h3-5,8,10-13,25,27H,6-7,9,14-21H2,1-2H3/q+1. The number of likely N-dealkylation sites (tertiary alicyclic amines) is 1. The summed E-state index contributed by atoms with van der Waals surface area (Å²) in [7, 11) is 0. The Morgan fingerprint density at radius 3 is 2.30 bits per heavy atom. The van der Waals surface area contributed by atoms with E-state index in [1.54, 1.807) is 0 Å². The Hall–Kier alpha value is -2.46. The summed E-state index contributed by atoms with van der Waals surface area (Å²) in [5.74, 6) is 0.101. The molecule has 176 valence electrons. The number of nitrogens with zero attached hydrogens (tertiary/aromatic N) is 1. The molecule has 2 unspecified atom stereocenters. The zero-order valence-electron chi connectivity index (χ0n) is 20.2. The van der Waals surface area contributed by atoms with Gasteiger partial charge in [0.05, 0.1) is 13.1 Å². The summed E-state index contributed by atoms with van der Waals surface area (Å²) in [5.41, 5.74) is 4.72. The van der Waals surface area contributed by atoms with E-state index < -0.39 is 0 Å². The lowest BCUT2D eigenvalue weighted by molar-refractivity contribution is -0.940. The smallest absolute Gasteiger partial charge is 0.314 e. The number of hydrogen-bond acceptors (Lipinski definition) is 3. The molecule has 4 nitrogen and oxygen atoms in total. The minimum atomic E-state index is -0.115. The second kappa shape index (κ2) is 10.6. The van der Waals surface area contributed by atoms with Crippen molar-refractivity contribution in [2.45, 2.75) is 71.4 Å². The van der Waals surface area contributed by atoms with Crippen LogP contribution in [0.4, 0.5) is 0 Å². The van der Waals surface area contributed by atoms with Crippen molar-refractivity contribution in [3.05, 3.63) is 70.8 Å². The number of ketones is 1. The molecule has 2 atom stereocenters. The average molecular weight is 449 g/mol. The summed E-state index contributed by atoms with van der Waals surface area (Å²) in [5, 5.41) is 0. The van der Waals surface area contributed by atoms with E-state index in [9.17, 15) is 9.59 Å². The van der Waals surface area contributed by atoms with E-state index in [0.29, 0.717) is 24.0 Å². The molecule has 0 radical (unpaired) electrons. The number of carbonyl (C=O) groups is 2. The number of Topliss-reactive ketones (excluding diaryl/α,β-unsaturated/α-hetero) is 1. The second-order valence-corrected chi connectivity index (χ2v) is 10.3. The number of carbonyl (C=O) groups excluding carboxylic acids is 2. The van der Waals surface area contributed by atoms with Gasteiger partial charge in [0.25, 0.3) is 0 Å². The Balaban J connectivity index is 1.51. The summed E-state index contributed by atoms with van der Waals surface area (Å²) in [6, 6.07) is 16.6. The number of piperidine rings is 1. The average Bonchev–Trinajstić information content (AvgIpc) is 3.30. The Labute approximate surface area is 198 Å². The van der Waals surface area contributed by atoms with Gasteiger partial charge in [0.15, 0.2) is 5.78 Å². The molecule has 2 aliphatic rings. The first-order valence-corrected chi connectivity index (χ1v) is 12.6. The number of rotatable bonds is 8. The Morgan fingerprint density at radius 2 is 1.61 bits per heavy atom. The lowest BCUT2D eigenvalue weighted by Crippen LogP contribution is -2.57. The SMILES string of the molecule is Cc1cccc(C)c1CC(=O)C[N+]1(Cc2ccccc2)CCCC(C(=O)OC2CCCC2)C1. The first kappa shape index (κ1) is 23.7. The monoisotopic (exact) mass is 448 g/mol. The molecule has 0 amide bonds. The number of aryl methyl sites for hydroxylation is 2. The third kappa shape index (κ3) is 6.11. The predicted molar refractivity (Wildman–Crippen MR) is 131 cm³/mol. The Bertz CT molecular complexity index is 944. The minimum absolute atomic E-state index is 0.0423. The summed E-state index contributed by atoms with van der Waals surface area (Å²) < 4.78 is 6.54. The molecule has 2 aromatic rings. The van der Waals surface area contributed by atoms with Gasteiger partial charge < -0.3 is 9.22 Å². The van der Waals surface area contributed by atoms with Crippen LogP contribution in [0.2, 0.25) is 0 Å². The van der Waals surface area contributed by atoms with Gasteiger partial charge in [0.2, 0.25) is 0 Å². The molecular weight excluding hydrogens is 410 g/mol. The van der Waals surface area contributed by atoms with Gasteiger partial charge in [-0.1, -0.05) is 48.5 Å². The van der Waals surface area contributed by atoms with Crippen LogP contribution < -0.4 is 0 Å². The molecule has 1 heterocycles. The van der Waals surface area contributed by atoms with Gasteiger partial charge in [0, 0.05) is 12.0 Å². The lowest BCUT2D eigenvalue weighted by atomic mass is 9.92. The van der Waals surface area contributed by atoms with Gasteiger partial charge in [-0.2, -0.15) is 0 Å². The molecule has 1 saturated carbocycles. The van der Waals surface area contributed by atoms with Crippen molar-refractivity contribution in [3.63, 3.8) is 0 Å². The number of quaternary nitrogens is 1. The van der Waals surface area contributed by atoms with E-state index in [2.05, 4.69) is 50.2 Å². The normalized spacial score (nSPS) is 23.4. The molecule has 0 spiro atoms. The maximum Gasteiger partial charge on any atom is 0.314 e. The number of hydrogen-bond donors (Lipinski definition) is 0. The molecule has 0 bridgehead atoms. The van der Waals surface area contributed by atoms with E-state index in [1.807, 2.05) is 12.1 Å². The summed E-state index contributed by atoms with van der Waals surface area (Å²) >= 11 is 0. The molecule has 33 heavy (non-hydrogen) atoms. The summed E-state index contributed by atoms with van der Waals surface area (Å²) in [4.78, 5) is 26.4. The first-order chi connectivity index (χ1) is 15.9. The zero-order valence-corrected chi connectivity index (χ0v) is 20.2. The maximum atomic E-state index is 13.4. The molecule has 2 aromatic carbocycles. The van der Waals surface area contributed by atoms with Gasteiger partial charge in [-0.15, -0.1) is 0 Å². The predicted octanol–water partition coefficient (Wildman–Crippen LogP) is 5.33. The van der Waals surface area contributed by atoms with Crippen LogP contribution in [0.3, 0.4) is 0 Å². The van der Waals surface area contributed by atoms with Crippen molar-refractivity contribution < 1.29 is 18.8 Å². The fourth-order valence-corrected chi connectivity index (χ4v) is 5.85. The fraction of sp³-hybridized carbons (Fsp3) is 0.517. The number of esters is 1. The van der Waals surface area contributed by atoms with Gasteiger partial charge in [-0.05, 0) is 69.1 Å². The third-order valence-corrected chi connectivity index (χ3v) is 7.60. The van der Waals surface area contributed by atoms with E-state index in [1.165, 1.54) is 16.7 Å². The molecular formula is C29H38NO3+. The molecule has 1 aliphatic heterocycles. The highest BCUT2D eigenvalue weighted by Gasteiger charge is 2.41. The Morgan fingerprint density at radius 1 is 0.909 bits per heavy atom. The highest BCUT2D eigenvalue weighted by molar-refractivity contribution is 5.82. The van der Waals surface area contributed by atoms with Crippen LogP contribution in [0.15, 0.2) is 48.5 Å². The fourth-order valence-electron chi connectivity index (χ4n) is 5.85. The number of ether oxygens (including phenoxy) is 1. The molecule has 4 heteroatoms. The van der Waals surface area contributed by atoms with Gasteiger partial charge in [0.1, 0.15) is 25.1 Å². The van der Waals surface area contributed by atoms with Gasteiger partial charge >= 0.3 is 5.97 Å². The van der Waals surface area contributed by atoms with Crippen LogP contribution in [0.1, 0.15) is 60.8 Å². The second-order valence-electron chi connectivity index (χ2n) is 10.3. The van der Waals surface area contributed by atoms with Crippen molar-refractivity contribution in [1.29, 1.82) is 0 Å². The van der Waals surface area contributed by atoms with Crippen LogP contribution in [0, 0.1) is 19.8 Å². The van der Waals surface area contributed by atoms with E-state index in [4.69, 9.17) is 4.74 Å². The summed E-state index contributed by atoms with van der Waals surface area (Å²) in [6.45, 7) is 7.04. The van der Waals surface area contributed by atoms with Crippen molar-refractivity contribution in [2.75, 3.05) is 19.6 Å². The van der Waals surface area contributed by atoms with Gasteiger partial charge in [-0.25, -0.2) is 0 Å². The molecule has 0 aromatic heterocycles. The number of benzene rings is 2. The summed E-state index contributed by atoms with van der Waals surface area (Å²) in [6.07, 6.45) is 6.69. The van der Waals surface area contributed by atoms with E-state index >= 15 is 0 Å². The first-order valence-electron chi connectivity index (χ1n) is 12.6. The molecule has 0 N–H and O–H groups in total. The minimum Gasteiger partial charge on any atom is -0.462 e. The van der Waals surface area contributed by atoms with Crippen LogP contribution in [0.5, 0.6) is 0 Å². The molecule has 1 saturated heterocycles. The van der Waals surface area contributed by atoms with Crippen LogP contribution in [-0.4, -0.2) is 42.0 Å². The third-order valence-electron chi connectivity index (χ3n) is 7.60. The van der Waals surface area contributed by atoms with E-state index in [-0.39, 0.29) is 23.8 Å². The maximum absolute atomic E-state index is 13.4. The largest absolute Gasteiger partial charge is 0.462 e. The van der Waals surface area contributed by atoms with Crippen LogP contribution in [-0.2, 0) is 27.3 Å². The van der Waals surface area contributed by atoms with Crippen molar-refractivity contribution in [1.82, 2.24) is 0 Å². The highest BCUT2D eigenvalue weighted by atomic mass is 16.5. The van der Waals surface area contributed by atoms with Crippen LogP contribution >= 0.6 is 0 Å². The highest BCUT2D eigenvalue weighted by Crippen LogP contribution is 2.30. The van der Waals surface area contributed by atoms with E-state index in [0.717, 1.165) is 57.2 Å². The van der Waals surface area contributed by atoms with Crippen molar-refractivity contribution in [2.24, 2.45) is 5.92 Å². The molecule has 4 rings (SSSR count). The quantitative estimate of drug-likeness (QED) is 0.405. The topological polar surface area (TPSA) is 43.4 Å². The van der Waals surface area contributed by atoms with Crippen molar-refractivity contribution in [3.8, 4) is 0 Å². The van der Waals surface area contributed by atoms with Crippen LogP contribution in [0.25, 0.3) is 0 Å². The van der Waals surface area contributed by atoms with Crippen molar-refractivity contribution >= 4 is 11.8 Å². The van der Waals surface area contributed by atoms with Gasteiger partial charge in [-0.3, -0.25) is 9.59 Å². The molecule has 2 fully saturated rings.